The van der Waals surface area contributed by atoms with E-state index < -0.39 is 88.5 Å². The molecule has 8 aromatic rings. The summed E-state index contributed by atoms with van der Waals surface area (Å²) in [5, 5.41) is 9.32. The Morgan fingerprint density at radius 2 is 0.840 bits per heavy atom. The molecule has 7 heterocycles. The van der Waals surface area contributed by atoms with Gasteiger partial charge in [0.15, 0.2) is 0 Å². The second-order valence-electron chi connectivity index (χ2n) is 36.5. The van der Waals surface area contributed by atoms with Gasteiger partial charge in [0.2, 0.25) is 17.7 Å². The number of halogens is 4. The Labute approximate surface area is 736 Å². The van der Waals surface area contributed by atoms with Crippen LogP contribution < -0.4 is 42.3 Å². The fraction of sp³-hybridized carbons (Fsp3) is 0.533. The summed E-state index contributed by atoms with van der Waals surface area (Å²) in [6.45, 7) is 20.6. The molecule has 5 aromatic carbocycles. The summed E-state index contributed by atoms with van der Waals surface area (Å²) in [7, 11) is -2.42. The van der Waals surface area contributed by atoms with Crippen molar-refractivity contribution in [2.75, 3.05) is 41.0 Å². The number of likely N-dealkylation sites (tertiary alicyclic amines) is 3. The summed E-state index contributed by atoms with van der Waals surface area (Å²) in [5.74, 6) is -0.116. The first-order valence-electron chi connectivity index (χ1n) is 43.1. The maximum absolute atomic E-state index is 14.0. The molecule has 3 aromatic heterocycles. The molecule has 6 fully saturated rings. The van der Waals surface area contributed by atoms with Crippen LogP contribution in [0.3, 0.4) is 0 Å². The van der Waals surface area contributed by atoms with E-state index in [-0.39, 0.29) is 68.7 Å². The van der Waals surface area contributed by atoms with Gasteiger partial charge in [-0.05, 0) is 262 Å². The molecule has 4 aliphatic heterocycles. The fourth-order valence-corrected chi connectivity index (χ4v) is 20.7. The quantitative estimate of drug-likeness (QED) is 0.0162. The van der Waals surface area contributed by atoms with Gasteiger partial charge in [-0.1, -0.05) is 97.6 Å². The molecule has 4 saturated heterocycles. The van der Waals surface area contributed by atoms with Gasteiger partial charge in [0.25, 0.3) is 16.7 Å². The van der Waals surface area contributed by atoms with Crippen molar-refractivity contribution < 1.29 is 78.1 Å². The molecule has 6 N–H and O–H groups in total. The number of carbonyl (C=O) groups excluding carboxylic acids is 6. The number of H-pyrrole nitrogens is 3. The molecular weight excluding hydrogens is 1750 g/mol. The maximum Gasteiger partial charge on any atom is 0.534 e. The minimum absolute atomic E-state index is 0.0731. The number of carbonyl (C=O) groups is 6. The molecule has 0 radical (unpaired) electrons. The van der Waals surface area contributed by atoms with E-state index in [2.05, 4.69) is 74.5 Å². The average molecular weight is 1860 g/mol. The Morgan fingerprint density at radius 1 is 0.496 bits per heavy atom. The first-order chi connectivity index (χ1) is 59.2. The number of benzene rings is 5. The Morgan fingerprint density at radius 3 is 1.19 bits per heavy atom. The van der Waals surface area contributed by atoms with Gasteiger partial charge in [-0.2, -0.15) is 21.6 Å². The summed E-state index contributed by atoms with van der Waals surface area (Å²) >= 11 is 2.14. The molecular formula is C90H109BF3IN12O17S. The van der Waals surface area contributed by atoms with E-state index in [1.165, 1.54) is 51.4 Å². The predicted molar refractivity (Wildman–Crippen MR) is 472 cm³/mol. The number of nitrogens with zero attached hydrogens (tertiary/aromatic N) is 6. The standard InChI is InChI=1S/C51H60N8O8.C25H35BN4O6.C14H14F3IO3S/c1-27(2)41(54-49(64)66-5)47(62)58-21-9-11-39(58)43-52-37-17-13-29(23-33(37)45(60)56-43)31-15-16-32(36-26-51(25-35(31)36)19-7-8-20-51)30-14-18-38-34(24-30)46(61)57-44(53-38)40-12-10-22-59(40)48(63)42(28(3)4)55-50(65)67-6;1-14(2)19(28-23(33)34-7)22(32)30-12-8-9-18(30)20-27-17-11-10-15(13-16(17)21(31)29-20)26-35-24(3,4)25(5,6)36-26;15-14(16,17)22(19,20)21-12-4-3-11(18)9-7-13(8-10(9)12)5-1-2-6-13/h13-18,23-24,27-28,39-42H,7-12,19-22,25-26H2,1-6H3,(H,54,64)(H,55,65)(H,52,56,60)(H,53,57,61);10-11,13-14,18-19H,8-9,12H2,1-7H3,(H,28,33)(H,27,29,31);3-4H,1-2,5-8H2/t39-,40-,41-,42-;18-,19-;/m00./s1. The van der Waals surface area contributed by atoms with Crippen LogP contribution in [0.25, 0.3) is 55.0 Å². The van der Waals surface area contributed by atoms with Crippen molar-refractivity contribution in [3.05, 3.63) is 153 Å². The molecule has 125 heavy (non-hydrogen) atoms. The lowest BCUT2D eigenvalue weighted by molar-refractivity contribution is -0.136. The minimum Gasteiger partial charge on any atom is -0.453 e. The van der Waals surface area contributed by atoms with E-state index in [1.807, 2.05) is 112 Å². The highest BCUT2D eigenvalue weighted by Gasteiger charge is 2.53. The SMILES string of the molecule is COC(=O)N[C@H](C(=O)N1CCC[C@H]1c1nc2ccc(-c3ccc(-c4ccc5nc([C@@H]6CCCN6C(=O)[C@@H](NC(=O)OC)C(C)C)[nH]c(=O)c5c4)c4c3CC3(CCCC3)C4)cc2c(=O)[nH]1)C(C)C.COC(=O)N[C@H](C(=O)N1CCC[C@H]1c1nc2ccc(B3OC(C)(C)C(C)(C)O3)cc2c(=O)[nH]1)C(C)C.O=S(=O)(Oc1ccc(I)c2c1CC1(CCCC1)C2)C(F)(F)F. The molecule has 2 saturated carbocycles. The highest BCUT2D eigenvalue weighted by Crippen LogP contribution is 2.55. The van der Waals surface area contributed by atoms with Crippen LogP contribution in [0.2, 0.25) is 0 Å². The number of methoxy groups -OCH3 is 3. The number of alkyl carbamates (subject to hydrolysis) is 3. The van der Waals surface area contributed by atoms with Crippen molar-refractivity contribution in [1.82, 2.24) is 60.6 Å². The van der Waals surface area contributed by atoms with Crippen LogP contribution in [0, 0.1) is 32.2 Å². The average Bonchev–Trinajstić information content (AvgIpc) is 1.66. The molecule has 0 unspecified atom stereocenters. The molecule has 35 heteroatoms. The van der Waals surface area contributed by atoms with Crippen LogP contribution in [0.1, 0.15) is 217 Å². The summed E-state index contributed by atoms with van der Waals surface area (Å²) in [6, 6.07) is 20.7. The van der Waals surface area contributed by atoms with Gasteiger partial charge in [0.1, 0.15) is 41.3 Å². The lowest BCUT2D eigenvalue weighted by Gasteiger charge is -2.32. The number of aromatic amines is 3. The second kappa shape index (κ2) is 36.0. The number of nitrogens with one attached hydrogen (secondary N) is 6. The summed E-state index contributed by atoms with van der Waals surface area (Å²) in [4.78, 5) is 147. The number of rotatable bonds is 17. The smallest absolute Gasteiger partial charge is 0.453 e. The summed E-state index contributed by atoms with van der Waals surface area (Å²) in [6.07, 6.45) is 14.3. The monoisotopic (exact) mass is 1860 g/mol. The van der Waals surface area contributed by atoms with Crippen LogP contribution in [-0.4, -0.2) is 172 Å². The third-order valence-corrected chi connectivity index (χ3v) is 28.8. The molecule has 4 aliphatic carbocycles. The zero-order valence-corrected chi connectivity index (χ0v) is 75.6. The van der Waals surface area contributed by atoms with Crippen LogP contribution >= 0.6 is 22.6 Å². The summed E-state index contributed by atoms with van der Waals surface area (Å²) in [5.41, 5.74) is 3.40. The van der Waals surface area contributed by atoms with Crippen molar-refractivity contribution >= 4 is 114 Å². The van der Waals surface area contributed by atoms with E-state index >= 15 is 0 Å². The van der Waals surface area contributed by atoms with Gasteiger partial charge >= 0.3 is 41.0 Å². The number of fused-ring (bicyclic) bond motifs is 5. The van der Waals surface area contributed by atoms with Gasteiger partial charge in [0, 0.05) is 28.8 Å². The Hall–Kier alpha value is -10.0. The van der Waals surface area contributed by atoms with E-state index in [9.17, 15) is 64.7 Å². The number of alkyl halides is 3. The highest BCUT2D eigenvalue weighted by atomic mass is 127. The third kappa shape index (κ3) is 18.5. The lowest BCUT2D eigenvalue weighted by atomic mass is 9.78. The number of hydrogen-bond acceptors (Lipinski definition) is 20. The zero-order valence-electron chi connectivity index (χ0n) is 72.7. The molecule has 29 nitrogen and oxygen atoms in total. The van der Waals surface area contributed by atoms with Gasteiger partial charge in [-0.15, -0.1) is 0 Å². The van der Waals surface area contributed by atoms with Crippen molar-refractivity contribution in [1.29, 1.82) is 0 Å². The van der Waals surface area contributed by atoms with Gasteiger partial charge in [-0.3, -0.25) is 28.8 Å². The minimum atomic E-state index is -5.62. The Bertz CT molecular complexity index is 5650. The topological polar surface area (TPSA) is 375 Å². The maximum atomic E-state index is 14.0. The Kier molecular flexibility index (Phi) is 26.3. The van der Waals surface area contributed by atoms with Crippen LogP contribution in [0.4, 0.5) is 27.6 Å². The van der Waals surface area contributed by atoms with E-state index in [4.69, 9.17) is 33.7 Å². The largest absolute Gasteiger partial charge is 0.534 e. The van der Waals surface area contributed by atoms with Crippen molar-refractivity contribution in [3.8, 4) is 28.0 Å². The Balaban J connectivity index is 0.000000181. The first kappa shape index (κ1) is 91.2. The second-order valence-corrected chi connectivity index (χ2v) is 39.2. The van der Waals surface area contributed by atoms with Crippen molar-refractivity contribution in [3.63, 3.8) is 0 Å². The number of aromatic nitrogens is 6. The van der Waals surface area contributed by atoms with Crippen LogP contribution in [-0.2, 0) is 73.7 Å². The molecule has 6 amide bonds. The van der Waals surface area contributed by atoms with Gasteiger partial charge < -0.3 is 73.3 Å². The highest BCUT2D eigenvalue weighted by molar-refractivity contribution is 14.1. The van der Waals surface area contributed by atoms with Gasteiger partial charge in [-0.25, -0.2) is 29.3 Å². The number of amides is 6. The third-order valence-electron chi connectivity index (χ3n) is 26.9. The zero-order chi connectivity index (χ0) is 89.9. The van der Waals surface area contributed by atoms with Crippen LogP contribution in [0.5, 0.6) is 5.75 Å². The van der Waals surface area contributed by atoms with E-state index in [1.54, 1.807) is 32.9 Å². The lowest BCUT2D eigenvalue weighted by Crippen LogP contribution is -2.51. The molecule has 2 spiro atoms. The van der Waals surface area contributed by atoms with Crippen molar-refractivity contribution in [2.24, 2.45) is 28.6 Å². The predicted octanol–water partition coefficient (Wildman–Crippen LogP) is 13.7. The molecule has 8 aliphatic rings. The van der Waals surface area contributed by atoms with Crippen molar-refractivity contribution in [2.45, 2.75) is 238 Å². The van der Waals surface area contributed by atoms with Crippen LogP contribution in [0.15, 0.2) is 93.2 Å². The van der Waals surface area contributed by atoms with E-state index in [0.29, 0.717) is 101 Å². The molecule has 16 rings (SSSR count). The fourth-order valence-electron chi connectivity index (χ4n) is 19.5. The first-order valence-corrected chi connectivity index (χ1v) is 45.5. The van der Waals surface area contributed by atoms with Gasteiger partial charge in [0.05, 0.1) is 83.4 Å². The number of ether oxygens (including phenoxy) is 3. The normalized spacial score (nSPS) is 20.4. The molecule has 668 valence electrons. The molecule has 0 bridgehead atoms. The summed E-state index contributed by atoms with van der Waals surface area (Å²) < 4.78 is 92.0. The van der Waals surface area contributed by atoms with E-state index in [0.717, 1.165) is 114 Å². The number of hydrogen-bond donors (Lipinski definition) is 6. The molecule has 6 atom stereocenters.